The van der Waals surface area contributed by atoms with E-state index in [1.807, 2.05) is 12.4 Å². The van der Waals surface area contributed by atoms with Gasteiger partial charge in [0.25, 0.3) is 0 Å². The van der Waals surface area contributed by atoms with E-state index in [1.54, 1.807) is 0 Å². The van der Waals surface area contributed by atoms with Gasteiger partial charge in [0.1, 0.15) is 0 Å². The molecule has 1 aromatic heterocycles. The lowest BCUT2D eigenvalue weighted by atomic mass is 10.1. The Hall–Kier alpha value is -2.56. The summed E-state index contributed by atoms with van der Waals surface area (Å²) in [6.45, 7) is 6.16. The largest absolute Gasteiger partial charge is 0.372 e. The molecule has 4 rings (SSSR count). The minimum absolute atomic E-state index is 0.109. The van der Waals surface area contributed by atoms with Gasteiger partial charge in [0.15, 0.2) is 0 Å². The van der Waals surface area contributed by atoms with E-state index >= 15 is 0 Å². The lowest BCUT2D eigenvalue weighted by Gasteiger charge is -2.19. The summed E-state index contributed by atoms with van der Waals surface area (Å²) in [6.07, 6.45) is 7.76. The maximum absolute atomic E-state index is 12.5. The Bertz CT molecular complexity index is 783. The van der Waals surface area contributed by atoms with E-state index in [1.165, 1.54) is 18.5 Å². The van der Waals surface area contributed by atoms with Crippen molar-refractivity contribution in [3.8, 4) is 0 Å². The first-order valence-corrected chi connectivity index (χ1v) is 9.97. The van der Waals surface area contributed by atoms with Crippen LogP contribution in [0.5, 0.6) is 0 Å². The van der Waals surface area contributed by atoms with Gasteiger partial charge in [0.05, 0.1) is 18.3 Å². The summed E-state index contributed by atoms with van der Waals surface area (Å²) in [5.74, 6) is 0.109. The van der Waals surface area contributed by atoms with Crippen LogP contribution in [0.2, 0.25) is 0 Å². The molecule has 1 atom stereocenters. The quantitative estimate of drug-likeness (QED) is 0.886. The van der Waals surface area contributed by atoms with Crippen LogP contribution in [0.15, 0.2) is 42.7 Å². The molecular weight excluding hydrogens is 336 g/mol. The van der Waals surface area contributed by atoms with Gasteiger partial charge in [0, 0.05) is 44.1 Å². The van der Waals surface area contributed by atoms with Gasteiger partial charge in [-0.05, 0) is 55.5 Å². The molecule has 1 N–H and O–H groups in total. The molecule has 2 saturated heterocycles. The number of benzene rings is 1. The average Bonchev–Trinajstić information content (AvgIpc) is 3.34. The molecule has 3 heterocycles. The van der Waals surface area contributed by atoms with E-state index < -0.39 is 0 Å². The smallest absolute Gasteiger partial charge is 0.224 e. The highest BCUT2D eigenvalue weighted by molar-refractivity contribution is 5.79. The van der Waals surface area contributed by atoms with Crippen LogP contribution in [-0.2, 0) is 11.2 Å². The third kappa shape index (κ3) is 4.41. The minimum atomic E-state index is 0.109. The molecule has 0 radical (unpaired) electrons. The molecule has 0 saturated carbocycles. The van der Waals surface area contributed by atoms with E-state index in [4.69, 9.17) is 0 Å². The summed E-state index contributed by atoms with van der Waals surface area (Å²) in [7, 11) is 0. The van der Waals surface area contributed by atoms with Crippen LogP contribution < -0.4 is 15.1 Å². The highest BCUT2D eigenvalue weighted by Crippen LogP contribution is 2.22. The van der Waals surface area contributed by atoms with E-state index in [0.717, 1.165) is 49.4 Å². The van der Waals surface area contributed by atoms with Crippen LogP contribution in [0.25, 0.3) is 0 Å². The Labute approximate surface area is 161 Å². The lowest BCUT2D eigenvalue weighted by Crippen LogP contribution is -2.38. The van der Waals surface area contributed by atoms with Crippen LogP contribution in [0, 0.1) is 6.92 Å². The number of anilines is 2. The van der Waals surface area contributed by atoms with E-state index in [9.17, 15) is 4.79 Å². The van der Waals surface area contributed by atoms with Crippen molar-refractivity contribution in [1.82, 2.24) is 10.3 Å². The summed E-state index contributed by atoms with van der Waals surface area (Å²) < 4.78 is 0. The van der Waals surface area contributed by atoms with Gasteiger partial charge >= 0.3 is 0 Å². The zero-order chi connectivity index (χ0) is 18.6. The minimum Gasteiger partial charge on any atom is -0.372 e. The standard InChI is InChI=1S/C22H28N4O/c1-17-12-21(15-23-14-17)26-11-8-19(16-26)24-22(27)13-18-4-6-20(7-5-18)25-9-2-3-10-25/h4-7,12,14-15,19H,2-3,8-11,13,16H2,1H3,(H,24,27)/t19-/m1/s1. The predicted molar refractivity (Wildman–Crippen MR) is 109 cm³/mol. The Morgan fingerprint density at radius 2 is 1.85 bits per heavy atom. The van der Waals surface area contributed by atoms with E-state index in [2.05, 4.69) is 57.4 Å². The number of aryl methyl sites for hydroxylation is 1. The molecule has 1 aromatic carbocycles. The van der Waals surface area contributed by atoms with Crippen LogP contribution in [0.3, 0.4) is 0 Å². The number of nitrogens with zero attached hydrogens (tertiary/aromatic N) is 3. The number of nitrogens with one attached hydrogen (secondary N) is 1. The number of hydrogen-bond donors (Lipinski definition) is 1. The van der Waals surface area contributed by atoms with Gasteiger partial charge in [-0.15, -0.1) is 0 Å². The molecule has 2 fully saturated rings. The van der Waals surface area contributed by atoms with Gasteiger partial charge in [0.2, 0.25) is 5.91 Å². The summed E-state index contributed by atoms with van der Waals surface area (Å²) in [5, 5.41) is 3.20. The molecule has 0 spiro atoms. The van der Waals surface area contributed by atoms with Crippen molar-refractivity contribution in [2.75, 3.05) is 36.0 Å². The van der Waals surface area contributed by atoms with Gasteiger partial charge in [-0.3, -0.25) is 9.78 Å². The van der Waals surface area contributed by atoms with E-state index in [-0.39, 0.29) is 11.9 Å². The van der Waals surface area contributed by atoms with Crippen molar-refractivity contribution in [2.24, 2.45) is 0 Å². The second-order valence-electron chi connectivity index (χ2n) is 7.76. The average molecular weight is 364 g/mol. The first-order chi connectivity index (χ1) is 13.2. The molecule has 0 aliphatic carbocycles. The number of aromatic nitrogens is 1. The maximum Gasteiger partial charge on any atom is 0.224 e. The SMILES string of the molecule is Cc1cncc(N2CC[C@@H](NC(=O)Cc3ccc(N4CCCC4)cc3)C2)c1. The first-order valence-electron chi connectivity index (χ1n) is 9.97. The fourth-order valence-corrected chi connectivity index (χ4v) is 4.09. The molecule has 2 aromatic rings. The zero-order valence-corrected chi connectivity index (χ0v) is 16.0. The number of carbonyl (C=O) groups excluding carboxylic acids is 1. The first kappa shape index (κ1) is 17.8. The van der Waals surface area contributed by atoms with Crippen LogP contribution in [0.1, 0.15) is 30.4 Å². The van der Waals surface area contributed by atoms with Crippen molar-refractivity contribution in [2.45, 2.75) is 38.6 Å². The summed E-state index contributed by atoms with van der Waals surface area (Å²) >= 11 is 0. The summed E-state index contributed by atoms with van der Waals surface area (Å²) in [4.78, 5) is 21.4. The van der Waals surface area contributed by atoms with Gasteiger partial charge in [-0.25, -0.2) is 0 Å². The molecule has 27 heavy (non-hydrogen) atoms. The summed E-state index contributed by atoms with van der Waals surface area (Å²) in [5.41, 5.74) is 4.66. The maximum atomic E-state index is 12.5. The van der Waals surface area contributed by atoms with Crippen LogP contribution in [-0.4, -0.2) is 43.1 Å². The van der Waals surface area contributed by atoms with Crippen LogP contribution in [0.4, 0.5) is 11.4 Å². The monoisotopic (exact) mass is 364 g/mol. The van der Waals surface area contributed by atoms with Gasteiger partial charge in [-0.1, -0.05) is 12.1 Å². The van der Waals surface area contributed by atoms with Crippen molar-refractivity contribution in [3.63, 3.8) is 0 Å². The number of amides is 1. The number of rotatable bonds is 5. The normalized spacial score (nSPS) is 19.5. The Morgan fingerprint density at radius 1 is 1.07 bits per heavy atom. The highest BCUT2D eigenvalue weighted by atomic mass is 16.1. The molecular formula is C22H28N4O. The predicted octanol–water partition coefficient (Wildman–Crippen LogP) is 2.93. The van der Waals surface area contributed by atoms with Crippen molar-refractivity contribution in [3.05, 3.63) is 53.9 Å². The Balaban J connectivity index is 1.28. The van der Waals surface area contributed by atoms with Crippen molar-refractivity contribution in [1.29, 1.82) is 0 Å². The topological polar surface area (TPSA) is 48.5 Å². The number of hydrogen-bond acceptors (Lipinski definition) is 4. The van der Waals surface area contributed by atoms with Gasteiger partial charge < -0.3 is 15.1 Å². The number of pyridine rings is 1. The molecule has 0 unspecified atom stereocenters. The molecule has 1 amide bonds. The molecule has 5 nitrogen and oxygen atoms in total. The fourth-order valence-electron chi connectivity index (χ4n) is 4.09. The fraction of sp³-hybridized carbons (Fsp3) is 0.455. The Morgan fingerprint density at radius 3 is 2.59 bits per heavy atom. The molecule has 142 valence electrons. The van der Waals surface area contributed by atoms with E-state index in [0.29, 0.717) is 6.42 Å². The Kier molecular flexibility index (Phi) is 5.28. The molecule has 2 aliphatic heterocycles. The second-order valence-corrected chi connectivity index (χ2v) is 7.76. The zero-order valence-electron chi connectivity index (χ0n) is 16.0. The molecule has 5 heteroatoms. The highest BCUT2D eigenvalue weighted by Gasteiger charge is 2.24. The van der Waals surface area contributed by atoms with Crippen LogP contribution >= 0.6 is 0 Å². The van der Waals surface area contributed by atoms with Crippen molar-refractivity contribution < 1.29 is 4.79 Å². The van der Waals surface area contributed by atoms with Crippen molar-refractivity contribution >= 4 is 17.3 Å². The third-order valence-electron chi connectivity index (χ3n) is 5.55. The lowest BCUT2D eigenvalue weighted by molar-refractivity contribution is -0.121. The summed E-state index contributed by atoms with van der Waals surface area (Å²) in [6, 6.07) is 10.8. The second kappa shape index (κ2) is 7.99. The number of carbonyl (C=O) groups is 1. The van der Waals surface area contributed by atoms with Gasteiger partial charge in [-0.2, -0.15) is 0 Å². The molecule has 2 aliphatic rings. The molecule has 0 bridgehead atoms. The third-order valence-corrected chi connectivity index (χ3v) is 5.55.